The number of anilines is 1. The summed E-state index contributed by atoms with van der Waals surface area (Å²) in [6.07, 6.45) is 5.19. The van der Waals surface area contributed by atoms with Crippen molar-refractivity contribution in [2.75, 3.05) is 51.3 Å². The molecule has 0 unspecified atom stereocenters. The first-order chi connectivity index (χ1) is 14.2. The molecule has 0 spiro atoms. The van der Waals surface area contributed by atoms with E-state index in [1.165, 1.54) is 25.9 Å². The van der Waals surface area contributed by atoms with Crippen molar-refractivity contribution in [1.29, 1.82) is 0 Å². The molecule has 0 aliphatic carbocycles. The summed E-state index contributed by atoms with van der Waals surface area (Å²) in [6, 6.07) is 6.04. The predicted octanol–water partition coefficient (Wildman–Crippen LogP) is 2.77. The van der Waals surface area contributed by atoms with Crippen LogP contribution in [-0.4, -0.2) is 72.5 Å². The van der Waals surface area contributed by atoms with Crippen LogP contribution in [-0.2, 0) is 0 Å². The number of aliphatic hydroxyl groups excluding tert-OH is 1. The molecule has 2 N–H and O–H groups in total. The number of ether oxygens (including phenoxy) is 2. The minimum Gasteiger partial charge on any atom is -0.493 e. The second-order valence-electron chi connectivity index (χ2n) is 8.04. The maximum atomic E-state index is 9.69. The summed E-state index contributed by atoms with van der Waals surface area (Å²) in [4.78, 5) is 12.7. The average Bonchev–Trinajstić information content (AvgIpc) is 3.35. The Morgan fingerprint density at radius 1 is 1.17 bits per heavy atom. The Balaban J connectivity index is 1.41. The zero-order valence-electron chi connectivity index (χ0n) is 16.9. The Kier molecular flexibility index (Phi) is 4.93. The van der Waals surface area contributed by atoms with Gasteiger partial charge in [-0.3, -0.25) is 0 Å². The van der Waals surface area contributed by atoms with Crippen molar-refractivity contribution in [2.45, 2.75) is 25.4 Å². The predicted molar refractivity (Wildman–Crippen MR) is 114 cm³/mol. The number of likely N-dealkylation sites (tertiary alicyclic amines) is 1. The summed E-state index contributed by atoms with van der Waals surface area (Å²) in [5.41, 5.74) is 2.03. The van der Waals surface area contributed by atoms with Crippen LogP contribution in [0.5, 0.6) is 11.5 Å². The number of hydrogen-bond acceptors (Lipinski definition) is 6. The number of nitrogens with one attached hydrogen (secondary N) is 1. The SMILES string of the molecule is COc1cc2c(cc1OCCCN1CCCC1)[nH]c1ccnc(N3CC(O)C3)c12. The van der Waals surface area contributed by atoms with E-state index in [2.05, 4.69) is 19.8 Å². The molecule has 0 atom stereocenters. The highest BCUT2D eigenvalue weighted by molar-refractivity contribution is 6.13. The normalized spacial score (nSPS) is 17.9. The molecule has 5 rings (SSSR count). The Bertz CT molecular complexity index is 1010. The Hall–Kier alpha value is -2.51. The number of benzene rings is 1. The second kappa shape index (κ2) is 7.72. The lowest BCUT2D eigenvalue weighted by Crippen LogP contribution is -2.51. The highest BCUT2D eigenvalue weighted by atomic mass is 16.5. The molecule has 7 nitrogen and oxygen atoms in total. The average molecular weight is 396 g/mol. The monoisotopic (exact) mass is 396 g/mol. The minimum atomic E-state index is -0.271. The summed E-state index contributed by atoms with van der Waals surface area (Å²) in [7, 11) is 1.68. The summed E-state index contributed by atoms with van der Waals surface area (Å²) in [5, 5.41) is 11.8. The van der Waals surface area contributed by atoms with Gasteiger partial charge in [0.25, 0.3) is 0 Å². The molecule has 0 bridgehead atoms. The van der Waals surface area contributed by atoms with Gasteiger partial charge in [0, 0.05) is 37.3 Å². The number of rotatable bonds is 7. The molecule has 2 aliphatic rings. The third kappa shape index (κ3) is 3.49. The number of nitrogens with zero attached hydrogens (tertiary/aromatic N) is 3. The van der Waals surface area contributed by atoms with Gasteiger partial charge in [-0.2, -0.15) is 0 Å². The van der Waals surface area contributed by atoms with Crippen molar-refractivity contribution in [3.05, 3.63) is 24.4 Å². The van der Waals surface area contributed by atoms with Crippen molar-refractivity contribution in [3.8, 4) is 11.5 Å². The maximum Gasteiger partial charge on any atom is 0.163 e. The zero-order chi connectivity index (χ0) is 19.8. The van der Waals surface area contributed by atoms with E-state index < -0.39 is 0 Å². The van der Waals surface area contributed by atoms with Gasteiger partial charge >= 0.3 is 0 Å². The first-order valence-electron chi connectivity index (χ1n) is 10.5. The van der Waals surface area contributed by atoms with Crippen molar-refractivity contribution >= 4 is 27.6 Å². The molecule has 0 saturated carbocycles. The van der Waals surface area contributed by atoms with Gasteiger partial charge < -0.3 is 29.4 Å². The van der Waals surface area contributed by atoms with Crippen molar-refractivity contribution in [1.82, 2.24) is 14.9 Å². The van der Waals surface area contributed by atoms with Crippen LogP contribution >= 0.6 is 0 Å². The molecule has 0 radical (unpaired) electrons. The molecule has 1 aromatic carbocycles. The molecule has 2 aromatic heterocycles. The van der Waals surface area contributed by atoms with E-state index in [0.29, 0.717) is 19.7 Å². The fourth-order valence-corrected chi connectivity index (χ4v) is 4.45. The standard InChI is InChI=1S/C22H28N4O3/c1-28-19-11-16-18(12-20(19)29-10-4-9-25-7-2-3-8-25)24-17-5-6-23-22(21(16)17)26-13-15(27)14-26/h5-6,11-12,15,24,27H,2-4,7-10,13-14H2,1H3. The summed E-state index contributed by atoms with van der Waals surface area (Å²) in [5.74, 6) is 2.40. The van der Waals surface area contributed by atoms with Crippen LogP contribution in [0.2, 0.25) is 0 Å². The number of methoxy groups -OCH3 is 1. The van der Waals surface area contributed by atoms with Gasteiger partial charge in [0.1, 0.15) is 5.82 Å². The topological polar surface area (TPSA) is 73.9 Å². The van der Waals surface area contributed by atoms with Crippen LogP contribution in [0.1, 0.15) is 19.3 Å². The number of aromatic nitrogens is 2. The highest BCUT2D eigenvalue weighted by Crippen LogP contribution is 2.39. The molecule has 154 valence electrons. The molecule has 4 heterocycles. The number of pyridine rings is 1. The van der Waals surface area contributed by atoms with Crippen molar-refractivity contribution in [3.63, 3.8) is 0 Å². The first kappa shape index (κ1) is 18.5. The van der Waals surface area contributed by atoms with Gasteiger partial charge in [0.05, 0.1) is 36.2 Å². The van der Waals surface area contributed by atoms with Crippen LogP contribution in [0.4, 0.5) is 5.82 Å². The van der Waals surface area contributed by atoms with Crippen LogP contribution in [0.25, 0.3) is 21.8 Å². The molecule has 29 heavy (non-hydrogen) atoms. The van der Waals surface area contributed by atoms with E-state index in [9.17, 15) is 5.11 Å². The maximum absolute atomic E-state index is 9.69. The third-order valence-electron chi connectivity index (χ3n) is 6.01. The van der Waals surface area contributed by atoms with Gasteiger partial charge in [-0.1, -0.05) is 0 Å². The fourth-order valence-electron chi connectivity index (χ4n) is 4.45. The molecular weight excluding hydrogens is 368 g/mol. The van der Waals surface area contributed by atoms with Crippen LogP contribution in [0, 0.1) is 0 Å². The summed E-state index contributed by atoms with van der Waals surface area (Å²) >= 11 is 0. The quantitative estimate of drug-likeness (QED) is 0.599. The molecule has 3 aromatic rings. The second-order valence-corrected chi connectivity index (χ2v) is 8.04. The summed E-state index contributed by atoms with van der Waals surface area (Å²) in [6.45, 7) is 5.44. The number of β-amino-alcohol motifs (C(OH)–C–C–N with tert-alkyl or cyclic N) is 1. The molecule has 2 aliphatic heterocycles. The van der Waals surface area contributed by atoms with E-state index in [1.807, 2.05) is 24.4 Å². The van der Waals surface area contributed by atoms with Crippen LogP contribution in [0.3, 0.4) is 0 Å². The van der Waals surface area contributed by atoms with Gasteiger partial charge in [-0.15, -0.1) is 0 Å². The van der Waals surface area contributed by atoms with Crippen molar-refractivity contribution in [2.24, 2.45) is 0 Å². The number of aliphatic hydroxyl groups is 1. The minimum absolute atomic E-state index is 0.271. The van der Waals surface area contributed by atoms with Gasteiger partial charge in [0.15, 0.2) is 11.5 Å². The van der Waals surface area contributed by atoms with E-state index in [0.717, 1.165) is 52.1 Å². The van der Waals surface area contributed by atoms with E-state index >= 15 is 0 Å². The lowest BCUT2D eigenvalue weighted by Gasteiger charge is -2.37. The number of aromatic amines is 1. The number of fused-ring (bicyclic) bond motifs is 3. The van der Waals surface area contributed by atoms with Gasteiger partial charge in [0.2, 0.25) is 0 Å². The van der Waals surface area contributed by atoms with Crippen LogP contribution < -0.4 is 14.4 Å². The number of hydrogen-bond donors (Lipinski definition) is 2. The largest absolute Gasteiger partial charge is 0.493 e. The fraction of sp³-hybridized carbons (Fsp3) is 0.500. The van der Waals surface area contributed by atoms with Crippen molar-refractivity contribution < 1.29 is 14.6 Å². The van der Waals surface area contributed by atoms with Gasteiger partial charge in [-0.05, 0) is 44.5 Å². The lowest BCUT2D eigenvalue weighted by atomic mass is 10.1. The summed E-state index contributed by atoms with van der Waals surface area (Å²) < 4.78 is 11.7. The molecule has 2 saturated heterocycles. The molecule has 2 fully saturated rings. The van der Waals surface area contributed by atoms with E-state index in [4.69, 9.17) is 9.47 Å². The zero-order valence-corrected chi connectivity index (χ0v) is 16.9. The Morgan fingerprint density at radius 3 is 2.76 bits per heavy atom. The molecule has 7 heteroatoms. The van der Waals surface area contributed by atoms with E-state index in [-0.39, 0.29) is 6.10 Å². The van der Waals surface area contributed by atoms with Gasteiger partial charge in [-0.25, -0.2) is 4.98 Å². The number of H-pyrrole nitrogens is 1. The first-order valence-corrected chi connectivity index (χ1v) is 10.5. The highest BCUT2D eigenvalue weighted by Gasteiger charge is 2.28. The molecule has 0 amide bonds. The Morgan fingerprint density at radius 2 is 2.00 bits per heavy atom. The molecular formula is C22H28N4O3. The van der Waals surface area contributed by atoms with Crippen LogP contribution in [0.15, 0.2) is 24.4 Å². The Labute approximate surface area is 170 Å². The van der Waals surface area contributed by atoms with E-state index in [1.54, 1.807) is 7.11 Å². The smallest absolute Gasteiger partial charge is 0.163 e. The third-order valence-corrected chi connectivity index (χ3v) is 6.01. The lowest BCUT2D eigenvalue weighted by molar-refractivity contribution is 0.141.